The van der Waals surface area contributed by atoms with E-state index in [1.54, 1.807) is 13.8 Å². The number of hydrogen-bond donors (Lipinski definition) is 3. The lowest BCUT2D eigenvalue weighted by molar-refractivity contribution is -0.447. The summed E-state index contributed by atoms with van der Waals surface area (Å²) < 4.78 is 82.7. The highest BCUT2D eigenvalue weighted by Crippen LogP contribution is 2.53. The van der Waals surface area contributed by atoms with Crippen LogP contribution in [0, 0.1) is 5.92 Å². The molecule has 0 radical (unpaired) electrons. The van der Waals surface area contributed by atoms with Crippen LogP contribution in [0.25, 0.3) is 0 Å². The van der Waals surface area contributed by atoms with E-state index in [1.807, 2.05) is 4.98 Å². The molecule has 1 aliphatic heterocycles. The summed E-state index contributed by atoms with van der Waals surface area (Å²) in [6.45, 7) is 5.09. The Morgan fingerprint density at radius 3 is 2.12 bits per heavy atom. The molecule has 1 fully saturated rings. The minimum Gasteiger partial charge on any atom is -0.455 e. The van der Waals surface area contributed by atoms with Gasteiger partial charge in [-0.3, -0.25) is 23.7 Å². The summed E-state index contributed by atoms with van der Waals surface area (Å²) in [5, 5.41) is 16.1. The monoisotopic (exact) mass is 795 g/mol. The Bertz CT molecular complexity index is 1460. The molecule has 298 valence electrons. The molecular formula is C27H43FN3O19PS. The van der Waals surface area contributed by atoms with Crippen LogP contribution in [0.3, 0.4) is 0 Å². The maximum atomic E-state index is 15.4. The first-order valence-electron chi connectivity index (χ1n) is 15.3. The van der Waals surface area contributed by atoms with Crippen molar-refractivity contribution >= 4 is 38.3 Å². The number of aliphatic hydroxyl groups is 1. The number of ether oxygens (including phenoxy) is 6. The molecule has 1 aliphatic rings. The highest BCUT2D eigenvalue weighted by molar-refractivity contribution is 7.92. The standard InChI is InChI=1S/C27H43FN3O19PS/c1-15(2)19(30-52-50-49-39-8)20(33)47-21-26(7,37)22(31-10-9-18(32)29-23(31)34)48-27(21,11-28)12-42-51(38,43-13-40-24(35)45-16(3)4)44-14-41-25(36)46-17(5)6/h9-10,15-17,19,21-22,30,37H,11-14H2,1-8H3,(H,29,32,34)/t19-,21+,22-,26-,27-/m1/s1. The summed E-state index contributed by atoms with van der Waals surface area (Å²) in [6.07, 6.45) is -6.77. The van der Waals surface area contributed by atoms with Crippen molar-refractivity contribution in [2.75, 3.05) is 34.0 Å². The highest BCUT2D eigenvalue weighted by atomic mass is 32.2. The molecule has 52 heavy (non-hydrogen) atoms. The summed E-state index contributed by atoms with van der Waals surface area (Å²) in [4.78, 5) is 68.0. The van der Waals surface area contributed by atoms with Crippen molar-refractivity contribution in [3.63, 3.8) is 0 Å². The number of phosphoric ester groups is 1. The van der Waals surface area contributed by atoms with Crippen molar-refractivity contribution in [3.05, 3.63) is 33.1 Å². The third-order valence-electron chi connectivity index (χ3n) is 6.55. The second kappa shape index (κ2) is 20.3. The third kappa shape index (κ3) is 13.1. The lowest BCUT2D eigenvalue weighted by Gasteiger charge is -2.35. The number of aromatic nitrogens is 2. The summed E-state index contributed by atoms with van der Waals surface area (Å²) >= 11 is 0.416. The second-order valence-electron chi connectivity index (χ2n) is 11.8. The van der Waals surface area contributed by atoms with Gasteiger partial charge in [0.1, 0.15) is 30.5 Å². The van der Waals surface area contributed by atoms with Gasteiger partial charge in [-0.2, -0.15) is 0 Å². The van der Waals surface area contributed by atoms with Gasteiger partial charge in [0.05, 0.1) is 25.9 Å². The largest absolute Gasteiger partial charge is 0.510 e. The number of aromatic amines is 1. The Labute approximate surface area is 300 Å². The fourth-order valence-electron chi connectivity index (χ4n) is 4.28. The van der Waals surface area contributed by atoms with E-state index in [9.17, 15) is 33.6 Å². The molecule has 25 heteroatoms. The van der Waals surface area contributed by atoms with Gasteiger partial charge in [0.25, 0.3) is 5.56 Å². The maximum Gasteiger partial charge on any atom is 0.510 e. The first-order chi connectivity index (χ1) is 24.3. The van der Waals surface area contributed by atoms with Gasteiger partial charge in [0.2, 0.25) is 13.6 Å². The molecule has 3 N–H and O–H groups in total. The van der Waals surface area contributed by atoms with Gasteiger partial charge in [0.15, 0.2) is 17.9 Å². The normalized spacial score (nSPS) is 22.4. The molecule has 0 aliphatic carbocycles. The van der Waals surface area contributed by atoms with Crippen LogP contribution in [-0.4, -0.2) is 102 Å². The molecular weight excluding hydrogens is 752 g/mol. The van der Waals surface area contributed by atoms with Gasteiger partial charge in [0, 0.05) is 12.3 Å². The van der Waals surface area contributed by atoms with Crippen LogP contribution in [0.5, 0.6) is 0 Å². The smallest absolute Gasteiger partial charge is 0.455 e. The molecule has 5 atom stereocenters. The second-order valence-corrected chi connectivity index (χ2v) is 14.0. The number of nitrogens with one attached hydrogen (secondary N) is 2. The molecule has 0 spiro atoms. The van der Waals surface area contributed by atoms with Gasteiger partial charge >= 0.3 is 31.8 Å². The first-order valence-corrected chi connectivity index (χ1v) is 17.5. The Morgan fingerprint density at radius 2 is 1.63 bits per heavy atom. The Hall–Kier alpha value is -3.16. The molecule has 0 saturated carbocycles. The van der Waals surface area contributed by atoms with Crippen LogP contribution < -0.4 is 16.0 Å². The van der Waals surface area contributed by atoms with Gasteiger partial charge < -0.3 is 33.5 Å². The van der Waals surface area contributed by atoms with E-state index in [2.05, 4.69) is 28.5 Å². The van der Waals surface area contributed by atoms with Crippen molar-refractivity contribution in [2.45, 2.75) is 90.2 Å². The fraction of sp³-hybridized carbons (Fsp3) is 0.741. The van der Waals surface area contributed by atoms with Crippen LogP contribution in [0.2, 0.25) is 0 Å². The summed E-state index contributed by atoms with van der Waals surface area (Å²) in [5.74, 6) is -1.66. The Balaban J connectivity index is 2.50. The van der Waals surface area contributed by atoms with E-state index in [4.69, 9.17) is 32.5 Å². The zero-order valence-electron chi connectivity index (χ0n) is 29.4. The molecule has 0 amide bonds. The SMILES string of the molecule is COOOSN[C@@H](C(=O)O[C@@H]1[C@@](CF)(COP(=O)(OCOC(=O)OC(C)C)OCOC(=O)OC(C)C)O[C@@H](n2ccc(=O)[nH]c2=O)[C@]1(C)O)C(C)C. The van der Waals surface area contributed by atoms with E-state index >= 15 is 4.39 Å². The quantitative estimate of drug-likeness (QED) is 0.0185. The van der Waals surface area contributed by atoms with Crippen molar-refractivity contribution in [2.24, 2.45) is 5.92 Å². The minimum atomic E-state index is -5.08. The van der Waals surface area contributed by atoms with Crippen molar-refractivity contribution in [1.82, 2.24) is 14.3 Å². The molecule has 0 aromatic carbocycles. The number of rotatable bonds is 21. The maximum absolute atomic E-state index is 15.4. The van der Waals surface area contributed by atoms with E-state index < -0.39 is 112 Å². The number of carbonyl (C=O) groups is 3. The van der Waals surface area contributed by atoms with E-state index in [-0.39, 0.29) is 0 Å². The minimum absolute atomic E-state index is 0.416. The number of phosphoric acid groups is 1. The van der Waals surface area contributed by atoms with Crippen LogP contribution in [-0.2, 0) is 65.6 Å². The topological polar surface area (TPSA) is 266 Å². The molecule has 1 saturated heterocycles. The average molecular weight is 796 g/mol. The number of alkyl halides is 1. The van der Waals surface area contributed by atoms with Crippen LogP contribution in [0.4, 0.5) is 14.0 Å². The number of hydrogen-bond acceptors (Lipinski definition) is 21. The van der Waals surface area contributed by atoms with Gasteiger partial charge in [-0.15, -0.1) is 4.33 Å². The Morgan fingerprint density at radius 1 is 1.06 bits per heavy atom. The molecule has 1 aromatic rings. The lowest BCUT2D eigenvalue weighted by Crippen LogP contribution is -2.57. The summed E-state index contributed by atoms with van der Waals surface area (Å²) in [5.41, 5.74) is -7.06. The van der Waals surface area contributed by atoms with E-state index in [0.29, 0.717) is 16.8 Å². The number of H-pyrrole nitrogens is 1. The van der Waals surface area contributed by atoms with Crippen LogP contribution in [0.1, 0.15) is 54.7 Å². The van der Waals surface area contributed by atoms with Gasteiger partial charge in [-0.05, 0) is 40.5 Å². The third-order valence-corrected chi connectivity index (χ3v) is 8.31. The predicted octanol–water partition coefficient (Wildman–Crippen LogP) is 2.32. The van der Waals surface area contributed by atoms with Gasteiger partial charge in [-0.25, -0.2) is 42.0 Å². The highest BCUT2D eigenvalue weighted by Gasteiger charge is 2.66. The van der Waals surface area contributed by atoms with E-state index in [0.717, 1.165) is 26.3 Å². The molecule has 2 rings (SSSR count). The summed E-state index contributed by atoms with van der Waals surface area (Å²) in [6, 6.07) is -0.339. The zero-order valence-corrected chi connectivity index (χ0v) is 31.1. The van der Waals surface area contributed by atoms with Crippen LogP contribution >= 0.6 is 20.1 Å². The van der Waals surface area contributed by atoms with E-state index in [1.165, 1.54) is 27.7 Å². The number of nitrogens with zero attached hydrogens (tertiary/aromatic N) is 1. The average Bonchev–Trinajstić information content (AvgIpc) is 3.25. The van der Waals surface area contributed by atoms with Gasteiger partial charge in [-0.1, -0.05) is 18.9 Å². The zero-order chi connectivity index (χ0) is 39.3. The Kier molecular flexibility index (Phi) is 17.6. The molecule has 22 nitrogen and oxygen atoms in total. The lowest BCUT2D eigenvalue weighted by atomic mass is 9.88. The number of carbonyl (C=O) groups excluding carboxylic acids is 3. The van der Waals surface area contributed by atoms with Crippen LogP contribution in [0.15, 0.2) is 21.9 Å². The predicted molar refractivity (Wildman–Crippen MR) is 170 cm³/mol. The molecule has 0 bridgehead atoms. The number of esters is 1. The molecule has 0 unspecified atom stereocenters. The fourth-order valence-corrected chi connectivity index (χ4v) is 5.84. The van der Waals surface area contributed by atoms with Crippen molar-refractivity contribution in [3.8, 4) is 0 Å². The number of halogens is 1. The molecule has 1 aromatic heterocycles. The summed E-state index contributed by atoms with van der Waals surface area (Å²) in [7, 11) is -3.93. The van der Waals surface area contributed by atoms with Crippen molar-refractivity contribution in [1.29, 1.82) is 0 Å². The first kappa shape index (κ1) is 45.0. The molecule has 2 heterocycles. The van der Waals surface area contributed by atoms with Crippen molar-refractivity contribution < 1.29 is 84.7 Å².